The molecule has 2 nitrogen and oxygen atoms in total. The number of rotatable bonds is 3. The van der Waals surface area contributed by atoms with Gasteiger partial charge in [-0.15, -0.1) is 0 Å². The molecule has 1 saturated carbocycles. The fraction of sp³-hybridized carbons (Fsp3) is 0.231. The molecule has 0 radical (unpaired) electrons. The molecule has 0 bridgehead atoms. The molecule has 0 saturated heterocycles. The van der Waals surface area contributed by atoms with Gasteiger partial charge in [-0.05, 0) is 105 Å². The first-order chi connectivity index (χ1) is 26.7. The Balaban J connectivity index is 1.27. The summed E-state index contributed by atoms with van der Waals surface area (Å²) in [6.45, 7) is 12.4. The summed E-state index contributed by atoms with van der Waals surface area (Å²) in [4.78, 5) is 5.60. The highest BCUT2D eigenvalue weighted by Gasteiger charge is 2.62. The summed E-state index contributed by atoms with van der Waals surface area (Å²) in [6, 6.07) is 55.2. The molecule has 268 valence electrons. The van der Waals surface area contributed by atoms with Gasteiger partial charge in [0, 0.05) is 39.1 Å². The van der Waals surface area contributed by atoms with E-state index < -0.39 is 0 Å². The molecule has 3 heteroatoms. The second kappa shape index (κ2) is 11.5. The van der Waals surface area contributed by atoms with Crippen LogP contribution in [0.15, 0.2) is 146 Å². The summed E-state index contributed by atoms with van der Waals surface area (Å²) >= 11 is 0. The Morgan fingerprint density at radius 3 is 1.95 bits per heavy atom. The maximum Gasteiger partial charge on any atom is 0.333 e. The lowest BCUT2D eigenvalue weighted by molar-refractivity contribution is 0.195. The Morgan fingerprint density at radius 2 is 1.22 bits per heavy atom. The van der Waals surface area contributed by atoms with Gasteiger partial charge in [-0.2, -0.15) is 0 Å². The van der Waals surface area contributed by atoms with Crippen molar-refractivity contribution in [3.05, 3.63) is 157 Å². The maximum atomic E-state index is 2.89. The van der Waals surface area contributed by atoms with E-state index in [4.69, 9.17) is 0 Å². The Bertz CT molecular complexity index is 2670. The van der Waals surface area contributed by atoms with Gasteiger partial charge in [-0.3, -0.25) is 0 Å². The lowest BCUT2D eigenvalue weighted by atomic mass is 9.42. The van der Waals surface area contributed by atoms with Crippen LogP contribution in [-0.4, -0.2) is 12.4 Å². The van der Waals surface area contributed by atoms with Crippen LogP contribution in [0.3, 0.4) is 0 Å². The SMILES string of the molecule is CC(C)(C)c1cc2c3c(c1)C1(C)CCCCC1(C)N3c1c3c(cc4ccccc14)-c1ccc(-c4ccccc4)cc1N(c1ccc(-c4ccccc4)cc1)B23. The van der Waals surface area contributed by atoms with Gasteiger partial charge in [0.2, 0.25) is 0 Å². The minimum absolute atomic E-state index is 0.00207. The van der Waals surface area contributed by atoms with E-state index >= 15 is 0 Å². The van der Waals surface area contributed by atoms with E-state index in [0.29, 0.717) is 0 Å². The predicted octanol–water partition coefficient (Wildman–Crippen LogP) is 12.5. The highest BCUT2D eigenvalue weighted by molar-refractivity contribution is 6.94. The minimum Gasteiger partial charge on any atom is -0.376 e. The predicted molar refractivity (Wildman–Crippen MR) is 235 cm³/mol. The van der Waals surface area contributed by atoms with Crippen molar-refractivity contribution in [2.45, 2.75) is 76.7 Å². The Labute approximate surface area is 326 Å². The summed E-state index contributed by atoms with van der Waals surface area (Å²) in [5.41, 5.74) is 18.9. The van der Waals surface area contributed by atoms with Gasteiger partial charge < -0.3 is 9.71 Å². The van der Waals surface area contributed by atoms with Crippen LogP contribution in [0.1, 0.15) is 71.4 Å². The zero-order chi connectivity index (χ0) is 37.3. The van der Waals surface area contributed by atoms with Gasteiger partial charge >= 0.3 is 6.85 Å². The quantitative estimate of drug-likeness (QED) is 0.169. The van der Waals surface area contributed by atoms with Crippen LogP contribution in [0.4, 0.5) is 22.7 Å². The van der Waals surface area contributed by atoms with Crippen LogP contribution in [-0.2, 0) is 10.8 Å². The molecule has 7 aromatic carbocycles. The zero-order valence-corrected chi connectivity index (χ0v) is 32.7. The third-order valence-corrected chi connectivity index (χ3v) is 14.1. The van der Waals surface area contributed by atoms with Crippen molar-refractivity contribution in [3.63, 3.8) is 0 Å². The van der Waals surface area contributed by atoms with Crippen LogP contribution >= 0.6 is 0 Å². The Kier molecular flexibility index (Phi) is 6.87. The lowest BCUT2D eigenvalue weighted by Crippen LogP contribution is -2.64. The topological polar surface area (TPSA) is 6.48 Å². The fourth-order valence-electron chi connectivity index (χ4n) is 11.0. The largest absolute Gasteiger partial charge is 0.376 e. The highest BCUT2D eigenvalue weighted by Crippen LogP contribution is 2.63. The Morgan fingerprint density at radius 1 is 0.582 bits per heavy atom. The molecule has 3 aliphatic heterocycles. The molecule has 4 aliphatic rings. The first kappa shape index (κ1) is 32.9. The summed E-state index contributed by atoms with van der Waals surface area (Å²) in [6.07, 6.45) is 4.94. The van der Waals surface area contributed by atoms with Crippen LogP contribution in [0.2, 0.25) is 0 Å². The average molecular weight is 711 g/mol. The second-order valence-electron chi connectivity index (χ2n) is 18.1. The van der Waals surface area contributed by atoms with Crippen LogP contribution in [0.25, 0.3) is 44.2 Å². The molecule has 7 aromatic rings. The highest BCUT2D eigenvalue weighted by atomic mass is 15.3. The lowest BCUT2D eigenvalue weighted by Gasteiger charge is -2.53. The van der Waals surface area contributed by atoms with Gasteiger partial charge in [0.15, 0.2) is 0 Å². The molecule has 2 unspecified atom stereocenters. The van der Waals surface area contributed by atoms with Crippen molar-refractivity contribution in [3.8, 4) is 33.4 Å². The number of hydrogen-bond acceptors (Lipinski definition) is 2. The standard InChI is InChI=1S/C52H47BN2/c1-50(2,3)39-32-44-49-45(33-39)53-47-43(30-38-20-12-13-21-41(38)48(47)54(49)52(5)29-15-14-28-51(44,52)4)42-27-24-37(35-18-10-7-11-19-35)31-46(42)55(53)40-25-22-36(23-26-40)34-16-8-6-9-17-34/h6-13,16-27,30-33H,14-15,28-29H2,1-5H3. The van der Waals surface area contributed by atoms with E-state index in [0.717, 1.165) is 0 Å². The number of anilines is 4. The molecule has 0 aromatic heterocycles. The maximum absolute atomic E-state index is 2.89. The van der Waals surface area contributed by atoms with E-state index in [1.807, 2.05) is 0 Å². The molecule has 0 spiro atoms. The van der Waals surface area contributed by atoms with E-state index in [1.54, 1.807) is 5.56 Å². The summed E-state index contributed by atoms with van der Waals surface area (Å²) in [5, 5.41) is 2.68. The molecule has 2 atom stereocenters. The van der Waals surface area contributed by atoms with Gasteiger partial charge in [-0.1, -0.05) is 162 Å². The van der Waals surface area contributed by atoms with Crippen LogP contribution in [0, 0.1) is 0 Å². The Hall–Kier alpha value is -5.54. The smallest absolute Gasteiger partial charge is 0.333 e. The summed E-state index contributed by atoms with van der Waals surface area (Å²) in [7, 11) is 0. The second-order valence-corrected chi connectivity index (χ2v) is 18.1. The number of hydrogen-bond donors (Lipinski definition) is 0. The molecule has 0 amide bonds. The van der Waals surface area contributed by atoms with E-state index in [9.17, 15) is 0 Å². The monoisotopic (exact) mass is 710 g/mol. The molecular weight excluding hydrogens is 663 g/mol. The third kappa shape index (κ3) is 4.50. The molecule has 11 rings (SSSR count). The van der Waals surface area contributed by atoms with Crippen molar-refractivity contribution in [2.24, 2.45) is 0 Å². The summed E-state index contributed by atoms with van der Waals surface area (Å²) < 4.78 is 0. The van der Waals surface area contributed by atoms with Gasteiger partial charge in [0.05, 0.1) is 5.54 Å². The fourth-order valence-corrected chi connectivity index (χ4v) is 11.0. The zero-order valence-electron chi connectivity index (χ0n) is 32.7. The third-order valence-electron chi connectivity index (χ3n) is 14.1. The van der Waals surface area contributed by atoms with E-state index in [1.165, 1.54) is 109 Å². The van der Waals surface area contributed by atoms with Crippen LogP contribution < -0.4 is 20.6 Å². The van der Waals surface area contributed by atoms with Crippen molar-refractivity contribution in [1.29, 1.82) is 0 Å². The normalized spacial score (nSPS) is 20.6. The first-order valence-corrected chi connectivity index (χ1v) is 20.4. The molecule has 1 aliphatic carbocycles. The molecule has 1 fully saturated rings. The molecule has 3 heterocycles. The van der Waals surface area contributed by atoms with E-state index in [2.05, 4.69) is 190 Å². The number of fused-ring (bicyclic) bond motifs is 9. The van der Waals surface area contributed by atoms with Crippen molar-refractivity contribution in [1.82, 2.24) is 0 Å². The van der Waals surface area contributed by atoms with Gasteiger partial charge in [0.25, 0.3) is 0 Å². The van der Waals surface area contributed by atoms with Gasteiger partial charge in [0.1, 0.15) is 0 Å². The number of nitrogens with zero attached hydrogens (tertiary/aromatic N) is 2. The van der Waals surface area contributed by atoms with Crippen LogP contribution in [0.5, 0.6) is 0 Å². The van der Waals surface area contributed by atoms with Crippen molar-refractivity contribution >= 4 is 51.3 Å². The van der Waals surface area contributed by atoms with Gasteiger partial charge in [-0.25, -0.2) is 0 Å². The van der Waals surface area contributed by atoms with E-state index in [-0.39, 0.29) is 23.2 Å². The average Bonchev–Trinajstić information content (AvgIpc) is 3.42. The minimum atomic E-state index is -0.0404. The number of benzene rings is 7. The van der Waals surface area contributed by atoms with Crippen molar-refractivity contribution in [2.75, 3.05) is 9.71 Å². The molecule has 0 N–H and O–H groups in total. The molecule has 55 heavy (non-hydrogen) atoms. The first-order valence-electron chi connectivity index (χ1n) is 20.4. The van der Waals surface area contributed by atoms with Crippen molar-refractivity contribution < 1.29 is 0 Å². The summed E-state index contributed by atoms with van der Waals surface area (Å²) in [5.74, 6) is 0. The molecular formula is C52H47BN2.